The van der Waals surface area contributed by atoms with Gasteiger partial charge in [-0.15, -0.1) is 0 Å². The van der Waals surface area contributed by atoms with E-state index in [0.29, 0.717) is 0 Å². The molecule has 1 N–H and O–H groups in total. The van der Waals surface area contributed by atoms with Crippen molar-refractivity contribution in [2.45, 2.75) is 25.8 Å². The van der Waals surface area contributed by atoms with Crippen molar-refractivity contribution in [1.82, 2.24) is 5.32 Å². The van der Waals surface area contributed by atoms with Gasteiger partial charge in [-0.25, -0.2) is 0 Å². The third-order valence-electron chi connectivity index (χ3n) is 1.78. The highest BCUT2D eigenvalue weighted by molar-refractivity contribution is 4.80. The molecule has 1 aliphatic rings. The number of hydrogen-bond donors (Lipinski definition) is 1. The number of rotatable bonds is 1. The minimum atomic E-state index is 0.843. The lowest BCUT2D eigenvalue weighted by Gasteiger charge is -2.31. The van der Waals surface area contributed by atoms with E-state index in [-0.39, 0.29) is 0 Å². The summed E-state index contributed by atoms with van der Waals surface area (Å²) in [6, 6.07) is 0.843. The summed E-state index contributed by atoms with van der Waals surface area (Å²) < 4.78 is 0. The summed E-state index contributed by atoms with van der Waals surface area (Å²) in [5, 5.41) is 3.23. The standard InChI is InChI=1S/C6H13N/c1-5-3-6(4-5)7-2/h5-7H,3-4H2,1-2H3. The molecule has 0 heterocycles. The highest BCUT2D eigenvalue weighted by Crippen LogP contribution is 2.25. The SMILES string of the molecule is CNC1CC(C)C1. The van der Waals surface area contributed by atoms with Crippen LogP contribution < -0.4 is 5.32 Å². The summed E-state index contributed by atoms with van der Waals surface area (Å²) in [6.07, 6.45) is 2.77. The van der Waals surface area contributed by atoms with Gasteiger partial charge in [0.15, 0.2) is 0 Å². The first-order valence-electron chi connectivity index (χ1n) is 3.00. The summed E-state index contributed by atoms with van der Waals surface area (Å²) in [4.78, 5) is 0. The molecule has 0 bridgehead atoms. The maximum atomic E-state index is 3.23. The molecule has 1 nitrogen and oxygen atoms in total. The molecule has 0 aromatic carbocycles. The van der Waals surface area contributed by atoms with Crippen LogP contribution in [0.3, 0.4) is 0 Å². The summed E-state index contributed by atoms with van der Waals surface area (Å²) in [6.45, 7) is 2.30. The van der Waals surface area contributed by atoms with E-state index in [1.54, 1.807) is 0 Å². The maximum absolute atomic E-state index is 3.23. The van der Waals surface area contributed by atoms with E-state index in [1.165, 1.54) is 12.8 Å². The average molecular weight is 99.2 g/mol. The van der Waals surface area contributed by atoms with E-state index >= 15 is 0 Å². The predicted octanol–water partition coefficient (Wildman–Crippen LogP) is 1.00. The van der Waals surface area contributed by atoms with Crippen LogP contribution in [-0.4, -0.2) is 13.1 Å². The summed E-state index contributed by atoms with van der Waals surface area (Å²) >= 11 is 0. The molecule has 1 saturated carbocycles. The molecule has 0 atom stereocenters. The molecule has 42 valence electrons. The zero-order chi connectivity index (χ0) is 5.28. The first kappa shape index (κ1) is 5.10. The number of hydrogen-bond acceptors (Lipinski definition) is 1. The van der Waals surface area contributed by atoms with Gasteiger partial charge in [-0.3, -0.25) is 0 Å². The fraction of sp³-hybridized carbons (Fsp3) is 1.00. The minimum Gasteiger partial charge on any atom is -0.317 e. The highest BCUT2D eigenvalue weighted by Gasteiger charge is 2.22. The van der Waals surface area contributed by atoms with Crippen LogP contribution >= 0.6 is 0 Å². The van der Waals surface area contributed by atoms with Crippen molar-refractivity contribution in [1.29, 1.82) is 0 Å². The Morgan fingerprint density at radius 3 is 2.14 bits per heavy atom. The lowest BCUT2D eigenvalue weighted by Crippen LogP contribution is -2.37. The summed E-state index contributed by atoms with van der Waals surface area (Å²) in [7, 11) is 2.04. The Morgan fingerprint density at radius 1 is 1.43 bits per heavy atom. The molecule has 0 spiro atoms. The van der Waals surface area contributed by atoms with Crippen LogP contribution in [0.1, 0.15) is 19.8 Å². The van der Waals surface area contributed by atoms with Gasteiger partial charge < -0.3 is 5.32 Å². The van der Waals surface area contributed by atoms with Crippen LogP contribution in [-0.2, 0) is 0 Å². The van der Waals surface area contributed by atoms with Gasteiger partial charge in [0, 0.05) is 6.04 Å². The van der Waals surface area contributed by atoms with Crippen molar-refractivity contribution in [2.24, 2.45) is 5.92 Å². The second-order valence-corrected chi connectivity index (χ2v) is 2.56. The summed E-state index contributed by atoms with van der Waals surface area (Å²) in [5.74, 6) is 0.984. The molecule has 0 saturated heterocycles. The lowest BCUT2D eigenvalue weighted by molar-refractivity contribution is 0.254. The first-order valence-corrected chi connectivity index (χ1v) is 3.00. The Balaban J connectivity index is 2.06. The predicted molar refractivity (Wildman–Crippen MR) is 31.2 cm³/mol. The smallest absolute Gasteiger partial charge is 0.00691 e. The summed E-state index contributed by atoms with van der Waals surface area (Å²) in [5.41, 5.74) is 0. The van der Waals surface area contributed by atoms with Crippen molar-refractivity contribution >= 4 is 0 Å². The van der Waals surface area contributed by atoms with Gasteiger partial charge in [0.05, 0.1) is 0 Å². The Bertz CT molecular complexity index is 55.2. The Hall–Kier alpha value is -0.0400. The monoisotopic (exact) mass is 99.1 g/mol. The van der Waals surface area contributed by atoms with Crippen molar-refractivity contribution in [3.05, 3.63) is 0 Å². The van der Waals surface area contributed by atoms with Crippen LogP contribution in [0.4, 0.5) is 0 Å². The van der Waals surface area contributed by atoms with Gasteiger partial charge in [-0.2, -0.15) is 0 Å². The van der Waals surface area contributed by atoms with Gasteiger partial charge in [0.25, 0.3) is 0 Å². The second-order valence-electron chi connectivity index (χ2n) is 2.56. The molecule has 0 aromatic heterocycles. The maximum Gasteiger partial charge on any atom is 0.00691 e. The van der Waals surface area contributed by atoms with Crippen LogP contribution in [0.15, 0.2) is 0 Å². The lowest BCUT2D eigenvalue weighted by atomic mass is 9.82. The van der Waals surface area contributed by atoms with Crippen LogP contribution in [0.5, 0.6) is 0 Å². The highest BCUT2D eigenvalue weighted by atomic mass is 14.9. The molecule has 7 heavy (non-hydrogen) atoms. The van der Waals surface area contributed by atoms with E-state index in [2.05, 4.69) is 12.2 Å². The fourth-order valence-electron chi connectivity index (χ4n) is 1.14. The molecule has 0 aromatic rings. The Labute approximate surface area is 45.1 Å². The molecule has 1 heteroatoms. The third kappa shape index (κ3) is 0.942. The van der Waals surface area contributed by atoms with Crippen LogP contribution in [0.2, 0.25) is 0 Å². The van der Waals surface area contributed by atoms with E-state index < -0.39 is 0 Å². The van der Waals surface area contributed by atoms with Gasteiger partial charge in [0.1, 0.15) is 0 Å². The minimum absolute atomic E-state index is 0.843. The molecular formula is C6H13N. The second kappa shape index (κ2) is 1.83. The molecule has 0 amide bonds. The molecule has 1 rings (SSSR count). The van der Waals surface area contributed by atoms with Crippen molar-refractivity contribution in [3.63, 3.8) is 0 Å². The van der Waals surface area contributed by atoms with Crippen molar-refractivity contribution in [2.75, 3.05) is 7.05 Å². The van der Waals surface area contributed by atoms with Crippen LogP contribution in [0, 0.1) is 5.92 Å². The topological polar surface area (TPSA) is 12.0 Å². The molecule has 0 radical (unpaired) electrons. The van der Waals surface area contributed by atoms with Crippen LogP contribution in [0.25, 0.3) is 0 Å². The third-order valence-corrected chi connectivity index (χ3v) is 1.78. The Morgan fingerprint density at radius 2 is 2.00 bits per heavy atom. The van der Waals surface area contributed by atoms with E-state index in [0.717, 1.165) is 12.0 Å². The fourth-order valence-corrected chi connectivity index (χ4v) is 1.14. The molecular weight excluding hydrogens is 86.1 g/mol. The van der Waals surface area contributed by atoms with Crippen molar-refractivity contribution < 1.29 is 0 Å². The molecule has 0 aliphatic heterocycles. The first-order chi connectivity index (χ1) is 3.33. The largest absolute Gasteiger partial charge is 0.317 e. The zero-order valence-corrected chi connectivity index (χ0v) is 5.07. The molecule has 0 unspecified atom stereocenters. The molecule has 1 fully saturated rings. The Kier molecular flexibility index (Phi) is 1.33. The normalized spacial score (nSPS) is 40.3. The van der Waals surface area contributed by atoms with E-state index in [4.69, 9.17) is 0 Å². The van der Waals surface area contributed by atoms with Gasteiger partial charge >= 0.3 is 0 Å². The average Bonchev–Trinajstić information content (AvgIpc) is 1.58. The van der Waals surface area contributed by atoms with E-state index in [1.807, 2.05) is 7.05 Å². The molecule has 1 aliphatic carbocycles. The number of nitrogens with one attached hydrogen (secondary N) is 1. The van der Waals surface area contributed by atoms with Gasteiger partial charge in [-0.1, -0.05) is 6.92 Å². The van der Waals surface area contributed by atoms with Gasteiger partial charge in [-0.05, 0) is 25.8 Å². The van der Waals surface area contributed by atoms with Crippen molar-refractivity contribution in [3.8, 4) is 0 Å². The van der Waals surface area contributed by atoms with E-state index in [9.17, 15) is 0 Å². The quantitative estimate of drug-likeness (QED) is 0.517. The van der Waals surface area contributed by atoms with Gasteiger partial charge in [0.2, 0.25) is 0 Å². The zero-order valence-electron chi connectivity index (χ0n) is 5.07.